The maximum Gasteiger partial charge on any atom is 0.141 e. The van der Waals surface area contributed by atoms with Gasteiger partial charge < -0.3 is 9.84 Å². The van der Waals surface area contributed by atoms with Crippen molar-refractivity contribution in [2.45, 2.75) is 32.1 Å². The average molecular weight is 349 g/mol. The van der Waals surface area contributed by atoms with Crippen LogP contribution in [0.2, 0.25) is 0 Å². The molecule has 4 rings (SSSR count). The van der Waals surface area contributed by atoms with Gasteiger partial charge in [-0.25, -0.2) is 4.98 Å². The summed E-state index contributed by atoms with van der Waals surface area (Å²) in [6.45, 7) is 3.33. The van der Waals surface area contributed by atoms with E-state index in [9.17, 15) is 5.11 Å². The van der Waals surface area contributed by atoms with Crippen molar-refractivity contribution >= 4 is 10.9 Å². The molecule has 1 unspecified atom stereocenters. The number of phenolic OH excluding ortho intramolecular Hbond substituents is 1. The van der Waals surface area contributed by atoms with E-state index in [1.165, 1.54) is 0 Å². The Labute approximate surface area is 153 Å². The summed E-state index contributed by atoms with van der Waals surface area (Å²) >= 11 is 0. The van der Waals surface area contributed by atoms with Crippen molar-refractivity contribution < 1.29 is 9.84 Å². The highest BCUT2D eigenvalue weighted by Gasteiger charge is 2.21. The van der Waals surface area contributed by atoms with Gasteiger partial charge in [-0.1, -0.05) is 24.3 Å². The molecular formula is C21H23N3O2. The van der Waals surface area contributed by atoms with Crippen molar-refractivity contribution in [1.82, 2.24) is 14.9 Å². The summed E-state index contributed by atoms with van der Waals surface area (Å²) in [5.74, 6) is 0.237. The number of para-hydroxylation sites is 1. The molecule has 3 aromatic rings. The number of nitrogens with zero attached hydrogens (tertiary/aromatic N) is 3. The SMILES string of the molecule is Oc1cccc2ccc(CN3CCCC(OCc4cccnc4)C3)nc12. The molecule has 1 N–H and O–H groups in total. The molecule has 1 fully saturated rings. The maximum absolute atomic E-state index is 10.0. The molecule has 1 aliphatic rings. The molecule has 134 valence electrons. The molecule has 3 heterocycles. The molecule has 0 saturated carbocycles. The largest absolute Gasteiger partial charge is 0.506 e. The van der Waals surface area contributed by atoms with Crippen LogP contribution in [0.4, 0.5) is 0 Å². The van der Waals surface area contributed by atoms with Crippen molar-refractivity contribution in [1.29, 1.82) is 0 Å². The van der Waals surface area contributed by atoms with Crippen LogP contribution >= 0.6 is 0 Å². The number of hydrogen-bond acceptors (Lipinski definition) is 5. The first-order valence-corrected chi connectivity index (χ1v) is 9.08. The molecule has 0 spiro atoms. The predicted molar refractivity (Wildman–Crippen MR) is 101 cm³/mol. The maximum atomic E-state index is 10.0. The number of ether oxygens (including phenoxy) is 1. The lowest BCUT2D eigenvalue weighted by molar-refractivity contribution is -0.0124. The minimum Gasteiger partial charge on any atom is -0.506 e. The molecule has 0 bridgehead atoms. The highest BCUT2D eigenvalue weighted by atomic mass is 16.5. The molecule has 5 heteroatoms. The van der Waals surface area contributed by atoms with E-state index in [0.717, 1.165) is 49.1 Å². The minimum atomic E-state index is 0.234. The Bertz CT molecular complexity index is 870. The fourth-order valence-electron chi connectivity index (χ4n) is 3.48. The molecular weight excluding hydrogens is 326 g/mol. The van der Waals surface area contributed by atoms with E-state index >= 15 is 0 Å². The lowest BCUT2D eigenvalue weighted by Gasteiger charge is -2.32. The van der Waals surface area contributed by atoms with E-state index in [2.05, 4.69) is 14.9 Å². The van der Waals surface area contributed by atoms with Crippen molar-refractivity contribution in [3.05, 3.63) is 66.1 Å². The Kier molecular flexibility index (Phi) is 5.09. The summed E-state index contributed by atoms with van der Waals surface area (Å²) < 4.78 is 6.08. The van der Waals surface area contributed by atoms with Gasteiger partial charge in [-0.2, -0.15) is 0 Å². The summed E-state index contributed by atoms with van der Waals surface area (Å²) in [5.41, 5.74) is 2.76. The smallest absolute Gasteiger partial charge is 0.141 e. The topological polar surface area (TPSA) is 58.5 Å². The second-order valence-electron chi connectivity index (χ2n) is 6.82. The first kappa shape index (κ1) is 16.9. The van der Waals surface area contributed by atoms with Crippen LogP contribution in [0.3, 0.4) is 0 Å². The Hall–Kier alpha value is -2.50. The van der Waals surface area contributed by atoms with Crippen molar-refractivity contribution in [3.63, 3.8) is 0 Å². The third-order valence-corrected chi connectivity index (χ3v) is 4.81. The first-order valence-electron chi connectivity index (χ1n) is 9.08. The van der Waals surface area contributed by atoms with Crippen LogP contribution in [-0.2, 0) is 17.9 Å². The Balaban J connectivity index is 1.38. The van der Waals surface area contributed by atoms with Crippen LogP contribution in [0.1, 0.15) is 24.1 Å². The molecule has 0 amide bonds. The number of aromatic hydroxyl groups is 1. The zero-order valence-corrected chi connectivity index (χ0v) is 14.7. The lowest BCUT2D eigenvalue weighted by atomic mass is 10.1. The summed E-state index contributed by atoms with van der Waals surface area (Å²) in [5, 5.41) is 11.0. The van der Waals surface area contributed by atoms with Crippen LogP contribution in [0.5, 0.6) is 5.75 Å². The normalized spacial score (nSPS) is 18.2. The van der Waals surface area contributed by atoms with Crippen molar-refractivity contribution in [2.24, 2.45) is 0 Å². The van der Waals surface area contributed by atoms with Gasteiger partial charge in [0.1, 0.15) is 11.3 Å². The van der Waals surface area contributed by atoms with Gasteiger partial charge in [0, 0.05) is 30.9 Å². The van der Waals surface area contributed by atoms with E-state index in [-0.39, 0.29) is 11.9 Å². The Morgan fingerprint density at radius 2 is 2.12 bits per heavy atom. The average Bonchev–Trinajstić information content (AvgIpc) is 2.68. The van der Waals surface area contributed by atoms with Crippen LogP contribution < -0.4 is 0 Å². The second-order valence-corrected chi connectivity index (χ2v) is 6.82. The van der Waals surface area contributed by atoms with Gasteiger partial charge in [0.2, 0.25) is 0 Å². The van der Waals surface area contributed by atoms with Gasteiger partial charge in [0.25, 0.3) is 0 Å². The number of hydrogen-bond donors (Lipinski definition) is 1. The quantitative estimate of drug-likeness (QED) is 0.764. The number of likely N-dealkylation sites (tertiary alicyclic amines) is 1. The fraction of sp³-hybridized carbons (Fsp3) is 0.333. The molecule has 1 saturated heterocycles. The van der Waals surface area contributed by atoms with Crippen LogP contribution in [0.15, 0.2) is 54.9 Å². The van der Waals surface area contributed by atoms with Gasteiger partial charge >= 0.3 is 0 Å². The van der Waals surface area contributed by atoms with E-state index in [0.29, 0.717) is 12.1 Å². The highest BCUT2D eigenvalue weighted by molar-refractivity contribution is 5.84. The summed E-state index contributed by atoms with van der Waals surface area (Å²) in [6, 6.07) is 13.5. The predicted octanol–water partition coefficient (Wildman–Crippen LogP) is 3.52. The molecule has 1 aliphatic heterocycles. The zero-order valence-electron chi connectivity index (χ0n) is 14.7. The number of phenols is 1. The van der Waals surface area contributed by atoms with Crippen LogP contribution in [0, 0.1) is 0 Å². The van der Waals surface area contributed by atoms with Crippen LogP contribution in [-0.4, -0.2) is 39.2 Å². The number of piperidine rings is 1. The van der Waals surface area contributed by atoms with Crippen LogP contribution in [0.25, 0.3) is 10.9 Å². The van der Waals surface area contributed by atoms with Gasteiger partial charge in [0.05, 0.1) is 18.4 Å². The zero-order chi connectivity index (χ0) is 17.8. The number of benzene rings is 1. The standard InChI is InChI=1S/C21H23N3O2/c25-20-7-1-5-17-8-9-18(23-21(17)20)13-24-11-3-6-19(14-24)26-15-16-4-2-10-22-12-16/h1-2,4-5,7-10,12,19,25H,3,6,11,13-15H2. The molecule has 0 aliphatic carbocycles. The summed E-state index contributed by atoms with van der Waals surface area (Å²) in [7, 11) is 0. The lowest BCUT2D eigenvalue weighted by Crippen LogP contribution is -2.39. The Morgan fingerprint density at radius 1 is 1.15 bits per heavy atom. The van der Waals surface area contributed by atoms with E-state index in [4.69, 9.17) is 4.74 Å². The van der Waals surface area contributed by atoms with E-state index < -0.39 is 0 Å². The molecule has 1 aromatic carbocycles. The molecule has 26 heavy (non-hydrogen) atoms. The Morgan fingerprint density at radius 3 is 3.00 bits per heavy atom. The van der Waals surface area contributed by atoms with Gasteiger partial charge in [-0.05, 0) is 43.1 Å². The summed E-state index contributed by atoms with van der Waals surface area (Å²) in [6.07, 6.45) is 6.07. The monoisotopic (exact) mass is 349 g/mol. The highest BCUT2D eigenvalue weighted by Crippen LogP contribution is 2.23. The number of fused-ring (bicyclic) bond motifs is 1. The molecule has 2 aromatic heterocycles. The number of pyridine rings is 2. The van der Waals surface area contributed by atoms with Gasteiger partial charge in [-0.3, -0.25) is 9.88 Å². The third-order valence-electron chi connectivity index (χ3n) is 4.81. The third kappa shape index (κ3) is 4.00. The van der Waals surface area contributed by atoms with Gasteiger partial charge in [0.15, 0.2) is 0 Å². The number of rotatable bonds is 5. The summed E-state index contributed by atoms with van der Waals surface area (Å²) in [4.78, 5) is 11.2. The second kappa shape index (κ2) is 7.81. The minimum absolute atomic E-state index is 0.234. The molecule has 5 nitrogen and oxygen atoms in total. The van der Waals surface area contributed by atoms with E-state index in [1.807, 2.05) is 42.6 Å². The number of aromatic nitrogens is 2. The molecule has 0 radical (unpaired) electrons. The van der Waals surface area contributed by atoms with E-state index in [1.54, 1.807) is 12.3 Å². The molecule has 1 atom stereocenters. The first-order chi connectivity index (χ1) is 12.8. The van der Waals surface area contributed by atoms with Crippen molar-refractivity contribution in [3.8, 4) is 5.75 Å². The van der Waals surface area contributed by atoms with Gasteiger partial charge in [-0.15, -0.1) is 0 Å². The van der Waals surface area contributed by atoms with Crippen molar-refractivity contribution in [2.75, 3.05) is 13.1 Å². The fourth-order valence-corrected chi connectivity index (χ4v) is 3.48.